The zero-order valence-electron chi connectivity index (χ0n) is 14.1. The van der Waals surface area contributed by atoms with Crippen LogP contribution in [0.1, 0.15) is 5.69 Å². The molecule has 0 saturated carbocycles. The first kappa shape index (κ1) is 17.6. The number of amides is 1. The zero-order chi connectivity index (χ0) is 18.5. The van der Waals surface area contributed by atoms with Gasteiger partial charge in [0.2, 0.25) is 5.91 Å². The van der Waals surface area contributed by atoms with Crippen LogP contribution < -0.4 is 14.8 Å². The molecule has 0 aliphatic carbocycles. The molecule has 8 nitrogen and oxygen atoms in total. The second-order valence-corrected chi connectivity index (χ2v) is 6.11. The maximum Gasteiger partial charge on any atom is 0.234 e. The van der Waals surface area contributed by atoms with Gasteiger partial charge in [-0.25, -0.2) is 9.97 Å². The van der Waals surface area contributed by atoms with Crippen LogP contribution in [0.5, 0.6) is 11.5 Å². The van der Waals surface area contributed by atoms with Gasteiger partial charge in [0, 0.05) is 17.8 Å². The molecule has 0 bridgehead atoms. The minimum Gasteiger partial charge on any atom is -0.493 e. The quantitative estimate of drug-likeness (QED) is 0.642. The van der Waals surface area contributed by atoms with Crippen molar-refractivity contribution in [3.8, 4) is 17.6 Å². The minimum absolute atomic E-state index is 0.173. The van der Waals surface area contributed by atoms with Crippen LogP contribution in [0, 0.1) is 11.3 Å². The van der Waals surface area contributed by atoms with Gasteiger partial charge in [0.1, 0.15) is 11.8 Å². The Morgan fingerprint density at radius 3 is 2.85 bits per heavy atom. The second-order valence-electron chi connectivity index (χ2n) is 5.15. The van der Waals surface area contributed by atoms with Gasteiger partial charge in [-0.15, -0.1) is 0 Å². The number of imidazole rings is 1. The van der Waals surface area contributed by atoms with Gasteiger partial charge in [0.15, 0.2) is 16.7 Å². The summed E-state index contributed by atoms with van der Waals surface area (Å²) in [4.78, 5) is 23.5. The van der Waals surface area contributed by atoms with Crippen molar-refractivity contribution < 1.29 is 14.3 Å². The maximum absolute atomic E-state index is 12.2. The molecule has 9 heteroatoms. The van der Waals surface area contributed by atoms with Gasteiger partial charge in [-0.05, 0) is 12.1 Å². The minimum atomic E-state index is -0.182. The molecule has 3 rings (SSSR count). The van der Waals surface area contributed by atoms with E-state index in [0.717, 1.165) is 0 Å². The average molecular weight is 369 g/mol. The van der Waals surface area contributed by atoms with E-state index in [1.54, 1.807) is 37.6 Å². The van der Waals surface area contributed by atoms with E-state index < -0.39 is 0 Å². The lowest BCUT2D eigenvalue weighted by atomic mass is 10.2. The number of aromatic nitrogens is 3. The topological polar surface area (TPSA) is 113 Å². The molecule has 0 atom stereocenters. The van der Waals surface area contributed by atoms with E-state index >= 15 is 0 Å². The Balaban J connectivity index is 1.63. The largest absolute Gasteiger partial charge is 0.493 e. The van der Waals surface area contributed by atoms with Gasteiger partial charge >= 0.3 is 0 Å². The van der Waals surface area contributed by atoms with Crippen LogP contribution in [0.15, 0.2) is 35.6 Å². The van der Waals surface area contributed by atoms with Crippen LogP contribution in [0.4, 0.5) is 5.69 Å². The number of nitriles is 1. The highest BCUT2D eigenvalue weighted by molar-refractivity contribution is 7.99. The van der Waals surface area contributed by atoms with Crippen molar-refractivity contribution in [2.75, 3.05) is 25.3 Å². The predicted molar refractivity (Wildman–Crippen MR) is 97.5 cm³/mol. The van der Waals surface area contributed by atoms with E-state index in [-0.39, 0.29) is 11.7 Å². The molecule has 0 radical (unpaired) electrons. The molecule has 0 aliphatic rings. The highest BCUT2D eigenvalue weighted by atomic mass is 32.2. The maximum atomic E-state index is 12.2. The van der Waals surface area contributed by atoms with Crippen molar-refractivity contribution in [1.82, 2.24) is 15.0 Å². The van der Waals surface area contributed by atoms with Crippen molar-refractivity contribution in [2.24, 2.45) is 0 Å². The average Bonchev–Trinajstić information content (AvgIpc) is 3.08. The fraction of sp³-hybridized carbons (Fsp3) is 0.176. The Hall–Kier alpha value is -3.25. The molecule has 2 heterocycles. The van der Waals surface area contributed by atoms with Crippen molar-refractivity contribution >= 4 is 34.4 Å². The summed E-state index contributed by atoms with van der Waals surface area (Å²) in [7, 11) is 3.09. The van der Waals surface area contributed by atoms with Gasteiger partial charge in [-0.3, -0.25) is 4.79 Å². The molecule has 0 fully saturated rings. The number of thioether (sulfide) groups is 1. The van der Waals surface area contributed by atoms with Crippen molar-refractivity contribution in [2.45, 2.75) is 5.16 Å². The Kier molecular flexibility index (Phi) is 5.24. The lowest BCUT2D eigenvalue weighted by Crippen LogP contribution is -2.14. The molecule has 0 saturated heterocycles. The number of aromatic amines is 1. The smallest absolute Gasteiger partial charge is 0.234 e. The zero-order valence-corrected chi connectivity index (χ0v) is 14.9. The molecule has 2 N–H and O–H groups in total. The van der Waals surface area contributed by atoms with Crippen LogP contribution in [0.2, 0.25) is 0 Å². The van der Waals surface area contributed by atoms with Crippen LogP contribution in [-0.4, -0.2) is 40.8 Å². The first-order valence-electron chi connectivity index (χ1n) is 7.53. The molecule has 3 aromatic rings. The number of H-pyrrole nitrogens is 1. The summed E-state index contributed by atoms with van der Waals surface area (Å²) in [6.45, 7) is 0. The number of nitrogens with zero attached hydrogens (tertiary/aromatic N) is 3. The summed E-state index contributed by atoms with van der Waals surface area (Å²) >= 11 is 1.26. The summed E-state index contributed by atoms with van der Waals surface area (Å²) < 4.78 is 10.4. The SMILES string of the molecule is COc1ccc(NC(=O)CSc2nc3cc(C#N)ncc3[nH]2)cc1OC. The highest BCUT2D eigenvalue weighted by Gasteiger charge is 2.10. The summed E-state index contributed by atoms with van der Waals surface area (Å²) in [5.41, 5.74) is 2.26. The van der Waals surface area contributed by atoms with Gasteiger partial charge in [0.05, 0.1) is 37.2 Å². The first-order chi connectivity index (χ1) is 12.6. The number of carbonyl (C=O) groups excluding carboxylic acids is 1. The molecule has 26 heavy (non-hydrogen) atoms. The second kappa shape index (κ2) is 7.76. The lowest BCUT2D eigenvalue weighted by molar-refractivity contribution is -0.113. The summed E-state index contributed by atoms with van der Waals surface area (Å²) in [6, 6.07) is 8.72. The Labute approximate surface area is 153 Å². The first-order valence-corrected chi connectivity index (χ1v) is 8.52. The van der Waals surface area contributed by atoms with E-state index in [1.807, 2.05) is 6.07 Å². The van der Waals surface area contributed by atoms with E-state index in [0.29, 0.717) is 39.1 Å². The molecule has 0 unspecified atom stereocenters. The van der Waals surface area contributed by atoms with E-state index in [2.05, 4.69) is 20.3 Å². The number of ether oxygens (including phenoxy) is 2. The summed E-state index contributed by atoms with van der Waals surface area (Å²) in [5.74, 6) is 1.12. The molecule has 132 valence electrons. The number of pyridine rings is 1. The van der Waals surface area contributed by atoms with Crippen LogP contribution >= 0.6 is 11.8 Å². The van der Waals surface area contributed by atoms with Crippen molar-refractivity contribution in [1.29, 1.82) is 5.26 Å². The molecular weight excluding hydrogens is 354 g/mol. The number of benzene rings is 1. The monoisotopic (exact) mass is 369 g/mol. The van der Waals surface area contributed by atoms with Gasteiger partial charge in [0.25, 0.3) is 0 Å². The van der Waals surface area contributed by atoms with Gasteiger partial charge in [-0.1, -0.05) is 11.8 Å². The molecule has 1 amide bonds. The van der Waals surface area contributed by atoms with Gasteiger partial charge < -0.3 is 19.8 Å². The number of anilines is 1. The number of hydrogen-bond acceptors (Lipinski definition) is 7. The fourth-order valence-electron chi connectivity index (χ4n) is 2.26. The number of carbonyl (C=O) groups is 1. The standard InChI is InChI=1S/C17H15N5O3S/c1-24-14-4-3-10(6-15(14)25-2)20-16(23)9-26-17-21-12-5-11(7-18)19-8-13(12)22-17/h3-6,8H,9H2,1-2H3,(H,20,23)(H,21,22). The number of rotatable bonds is 6. The molecule has 0 spiro atoms. The third-order valence-electron chi connectivity index (χ3n) is 3.47. The molecule has 0 aliphatic heterocycles. The highest BCUT2D eigenvalue weighted by Crippen LogP contribution is 2.30. The molecular formula is C17H15N5O3S. The van der Waals surface area contributed by atoms with E-state index in [4.69, 9.17) is 14.7 Å². The summed E-state index contributed by atoms with van der Waals surface area (Å²) in [6.07, 6.45) is 1.55. The van der Waals surface area contributed by atoms with Crippen LogP contribution in [0.25, 0.3) is 11.0 Å². The normalized spacial score (nSPS) is 10.3. The fourth-order valence-corrected chi connectivity index (χ4v) is 2.95. The Bertz CT molecular complexity index is 996. The molecule has 2 aromatic heterocycles. The Morgan fingerprint density at radius 2 is 2.12 bits per heavy atom. The number of methoxy groups -OCH3 is 2. The van der Waals surface area contributed by atoms with Gasteiger partial charge in [-0.2, -0.15) is 5.26 Å². The molecule has 1 aromatic carbocycles. The number of hydrogen-bond donors (Lipinski definition) is 2. The van der Waals surface area contributed by atoms with E-state index in [9.17, 15) is 4.79 Å². The van der Waals surface area contributed by atoms with Crippen molar-refractivity contribution in [3.63, 3.8) is 0 Å². The van der Waals surface area contributed by atoms with Crippen molar-refractivity contribution in [3.05, 3.63) is 36.2 Å². The summed E-state index contributed by atoms with van der Waals surface area (Å²) in [5, 5.41) is 12.2. The van der Waals surface area contributed by atoms with E-state index in [1.165, 1.54) is 18.9 Å². The number of fused-ring (bicyclic) bond motifs is 1. The third-order valence-corrected chi connectivity index (χ3v) is 4.34. The predicted octanol–water partition coefficient (Wildman–Crippen LogP) is 2.58. The van der Waals surface area contributed by atoms with Crippen LogP contribution in [0.3, 0.4) is 0 Å². The Morgan fingerprint density at radius 1 is 1.31 bits per heavy atom. The third kappa shape index (κ3) is 3.87. The number of nitrogens with one attached hydrogen (secondary N) is 2. The van der Waals surface area contributed by atoms with Crippen LogP contribution in [-0.2, 0) is 4.79 Å². The lowest BCUT2D eigenvalue weighted by Gasteiger charge is -2.10.